The maximum absolute atomic E-state index is 12.4. The molecular weight excluding hydrogens is 288 g/mol. The molecule has 0 spiro atoms. The second-order valence-corrected chi connectivity index (χ2v) is 4.86. The topological polar surface area (TPSA) is 79.3 Å². The van der Waals surface area contributed by atoms with Crippen molar-refractivity contribution in [3.63, 3.8) is 0 Å². The lowest BCUT2D eigenvalue weighted by atomic mass is 10.2. The summed E-state index contributed by atoms with van der Waals surface area (Å²) in [4.78, 5) is 30.3. The molecule has 0 saturated heterocycles. The molecule has 1 N–H and O–H groups in total. The number of likely N-dealkylation sites (N-methyl/N-ethyl adjacent to an activating group) is 1. The number of rotatable bonds is 5. The van der Waals surface area contributed by atoms with Crippen molar-refractivity contribution in [2.75, 3.05) is 27.8 Å². The van der Waals surface area contributed by atoms with Crippen LogP contribution in [0.25, 0.3) is 0 Å². The maximum atomic E-state index is 12.4. The van der Waals surface area contributed by atoms with Crippen LogP contribution in [0.5, 0.6) is 5.75 Å². The van der Waals surface area contributed by atoms with E-state index >= 15 is 0 Å². The normalized spacial score (nSPS) is 14.5. The molecule has 2 amide bonds. The molecule has 7 heteroatoms. The van der Waals surface area contributed by atoms with E-state index in [4.69, 9.17) is 9.57 Å². The number of carbonyl (C=O) groups is 2. The van der Waals surface area contributed by atoms with Crippen molar-refractivity contribution in [3.05, 3.63) is 41.2 Å². The van der Waals surface area contributed by atoms with E-state index in [1.807, 2.05) is 0 Å². The molecule has 7 nitrogen and oxygen atoms in total. The van der Waals surface area contributed by atoms with Crippen molar-refractivity contribution in [1.82, 2.24) is 9.96 Å². The lowest BCUT2D eigenvalue weighted by Crippen LogP contribution is -2.32. The van der Waals surface area contributed by atoms with Crippen LogP contribution in [0.1, 0.15) is 5.56 Å². The fraction of sp³-hybridized carbons (Fsp3) is 0.333. The Labute approximate surface area is 128 Å². The second kappa shape index (κ2) is 6.48. The van der Waals surface area contributed by atoms with Crippen molar-refractivity contribution >= 4 is 11.8 Å². The average Bonchev–Trinajstić information content (AvgIpc) is 2.80. The predicted octanol–water partition coefficient (Wildman–Crippen LogP) is 0.869. The van der Waals surface area contributed by atoms with Gasteiger partial charge in [0.15, 0.2) is 5.76 Å². The van der Waals surface area contributed by atoms with Crippen molar-refractivity contribution in [2.24, 2.45) is 0 Å². The van der Waals surface area contributed by atoms with Crippen LogP contribution in [0, 0.1) is 0 Å². The third-order valence-electron chi connectivity index (χ3n) is 3.42. The number of benzene rings is 1. The Morgan fingerprint density at radius 3 is 2.41 bits per heavy atom. The maximum Gasteiger partial charge on any atom is 0.289 e. The van der Waals surface area contributed by atoms with Gasteiger partial charge in [0.2, 0.25) is 0 Å². The summed E-state index contributed by atoms with van der Waals surface area (Å²) >= 11 is 0. The SMILES string of the molecule is COc1ccc(CN(OC)C(=O)C2=C(O)C(=O)N(C)C2)cc1. The van der Waals surface area contributed by atoms with Gasteiger partial charge in [-0.2, -0.15) is 0 Å². The highest BCUT2D eigenvalue weighted by Gasteiger charge is 2.34. The van der Waals surface area contributed by atoms with Crippen LogP contribution in [-0.4, -0.2) is 54.7 Å². The first-order valence-corrected chi connectivity index (χ1v) is 6.64. The van der Waals surface area contributed by atoms with Crippen LogP contribution >= 0.6 is 0 Å². The van der Waals surface area contributed by atoms with Gasteiger partial charge < -0.3 is 14.7 Å². The highest BCUT2D eigenvalue weighted by atomic mass is 16.7. The van der Waals surface area contributed by atoms with Gasteiger partial charge in [0.1, 0.15) is 5.75 Å². The Morgan fingerprint density at radius 2 is 1.95 bits per heavy atom. The number of aliphatic hydroxyl groups excluding tert-OH is 1. The molecule has 118 valence electrons. The van der Waals surface area contributed by atoms with Crippen molar-refractivity contribution in [2.45, 2.75) is 6.54 Å². The highest BCUT2D eigenvalue weighted by molar-refractivity contribution is 6.06. The predicted molar refractivity (Wildman–Crippen MR) is 77.8 cm³/mol. The summed E-state index contributed by atoms with van der Waals surface area (Å²) in [6.45, 7) is 0.250. The fourth-order valence-electron chi connectivity index (χ4n) is 2.13. The Bertz CT molecular complexity index is 609. The van der Waals surface area contributed by atoms with E-state index in [0.29, 0.717) is 5.75 Å². The minimum Gasteiger partial charge on any atom is -0.503 e. The van der Waals surface area contributed by atoms with Gasteiger partial charge in [-0.3, -0.25) is 14.4 Å². The first kappa shape index (κ1) is 15.8. The molecule has 0 fully saturated rings. The smallest absolute Gasteiger partial charge is 0.289 e. The molecule has 0 aliphatic carbocycles. The van der Waals surface area contributed by atoms with Gasteiger partial charge in [-0.1, -0.05) is 12.1 Å². The number of ether oxygens (including phenoxy) is 1. The van der Waals surface area contributed by atoms with Gasteiger partial charge in [0.25, 0.3) is 11.8 Å². The number of hydroxylamine groups is 2. The molecule has 0 atom stereocenters. The molecule has 0 saturated carbocycles. The van der Waals surface area contributed by atoms with Crippen molar-refractivity contribution in [3.8, 4) is 5.75 Å². The van der Waals surface area contributed by atoms with E-state index < -0.39 is 17.6 Å². The average molecular weight is 306 g/mol. The van der Waals surface area contributed by atoms with Crippen LogP contribution < -0.4 is 4.74 Å². The molecule has 1 aliphatic rings. The van der Waals surface area contributed by atoms with E-state index in [2.05, 4.69) is 0 Å². The Kier molecular flexibility index (Phi) is 4.67. The summed E-state index contributed by atoms with van der Waals surface area (Å²) in [7, 11) is 4.45. The summed E-state index contributed by atoms with van der Waals surface area (Å²) in [5.74, 6) is -0.913. The number of amides is 2. The summed E-state index contributed by atoms with van der Waals surface area (Å²) < 4.78 is 5.07. The molecule has 22 heavy (non-hydrogen) atoms. The zero-order chi connectivity index (χ0) is 16.3. The first-order valence-electron chi connectivity index (χ1n) is 6.64. The third kappa shape index (κ3) is 3.04. The minimum atomic E-state index is -0.566. The van der Waals surface area contributed by atoms with Gasteiger partial charge in [-0.15, -0.1) is 0 Å². The molecule has 2 rings (SSSR count). The van der Waals surface area contributed by atoms with Crippen LogP contribution in [0.15, 0.2) is 35.6 Å². The molecule has 0 aromatic heterocycles. The van der Waals surface area contributed by atoms with Gasteiger partial charge in [0.05, 0.1) is 32.9 Å². The van der Waals surface area contributed by atoms with Crippen molar-refractivity contribution < 1.29 is 24.3 Å². The Morgan fingerprint density at radius 1 is 1.32 bits per heavy atom. The summed E-state index contributed by atoms with van der Waals surface area (Å²) in [5, 5.41) is 10.8. The zero-order valence-electron chi connectivity index (χ0n) is 12.7. The molecule has 0 bridgehead atoms. The van der Waals surface area contributed by atoms with E-state index in [0.717, 1.165) is 10.6 Å². The van der Waals surface area contributed by atoms with E-state index in [-0.39, 0.29) is 18.7 Å². The number of hydrogen-bond acceptors (Lipinski definition) is 5. The van der Waals surface area contributed by atoms with Gasteiger partial charge in [-0.25, -0.2) is 5.06 Å². The fourth-order valence-corrected chi connectivity index (χ4v) is 2.13. The number of nitrogens with zero attached hydrogens (tertiary/aromatic N) is 2. The molecule has 0 unspecified atom stereocenters. The first-order chi connectivity index (χ1) is 10.5. The molecular formula is C15H18N2O5. The minimum absolute atomic E-state index is 0.0304. The van der Waals surface area contributed by atoms with E-state index in [1.165, 1.54) is 19.1 Å². The van der Waals surface area contributed by atoms with Crippen LogP contribution in [-0.2, 0) is 21.0 Å². The monoisotopic (exact) mass is 306 g/mol. The molecule has 1 aliphatic heterocycles. The van der Waals surface area contributed by atoms with E-state index in [1.54, 1.807) is 31.4 Å². The lowest BCUT2D eigenvalue weighted by Gasteiger charge is -2.20. The lowest BCUT2D eigenvalue weighted by molar-refractivity contribution is -0.174. The van der Waals surface area contributed by atoms with Gasteiger partial charge in [0, 0.05) is 7.05 Å². The van der Waals surface area contributed by atoms with Crippen LogP contribution in [0.4, 0.5) is 0 Å². The standard InChI is InChI=1S/C15H18N2O5/c1-16-9-12(13(18)15(16)20)14(19)17(22-3)8-10-4-6-11(21-2)7-5-10/h4-7,18H,8-9H2,1-3H3. The van der Waals surface area contributed by atoms with E-state index in [9.17, 15) is 14.7 Å². The number of methoxy groups -OCH3 is 1. The zero-order valence-corrected chi connectivity index (χ0v) is 12.7. The van der Waals surface area contributed by atoms with Gasteiger partial charge >= 0.3 is 0 Å². The van der Waals surface area contributed by atoms with Crippen molar-refractivity contribution in [1.29, 1.82) is 0 Å². The largest absolute Gasteiger partial charge is 0.503 e. The Hall–Kier alpha value is -2.54. The number of carbonyl (C=O) groups excluding carboxylic acids is 2. The number of aliphatic hydroxyl groups is 1. The summed E-state index contributed by atoms with van der Waals surface area (Å²) in [6, 6.07) is 7.16. The highest BCUT2D eigenvalue weighted by Crippen LogP contribution is 2.19. The summed E-state index contributed by atoms with van der Waals surface area (Å²) in [6.07, 6.45) is 0. The quantitative estimate of drug-likeness (QED) is 0.817. The van der Waals surface area contributed by atoms with Gasteiger partial charge in [-0.05, 0) is 17.7 Å². The second-order valence-electron chi connectivity index (χ2n) is 4.86. The molecule has 1 heterocycles. The Balaban J connectivity index is 2.14. The number of hydrogen-bond donors (Lipinski definition) is 1. The third-order valence-corrected chi connectivity index (χ3v) is 3.42. The summed E-state index contributed by atoms with van der Waals surface area (Å²) in [5.41, 5.74) is 0.858. The molecule has 1 aromatic rings. The molecule has 0 radical (unpaired) electrons. The van der Waals surface area contributed by atoms with Crippen LogP contribution in [0.3, 0.4) is 0 Å². The molecule has 1 aromatic carbocycles. The van der Waals surface area contributed by atoms with Crippen LogP contribution in [0.2, 0.25) is 0 Å².